The van der Waals surface area contributed by atoms with E-state index in [9.17, 15) is 19.2 Å². The predicted molar refractivity (Wildman–Crippen MR) is 106 cm³/mol. The fraction of sp³-hybridized carbons (Fsp3) is 0.318. The van der Waals surface area contributed by atoms with E-state index in [0.29, 0.717) is 42.2 Å². The van der Waals surface area contributed by atoms with Crippen LogP contribution in [0.2, 0.25) is 0 Å². The SMILES string of the molecule is N#CC(NC(=O)[C@@H]1CCCN1C(=O)COc1ccc(F)cc1)c1ccc2c(c1)OCO2. The fourth-order valence-electron chi connectivity index (χ4n) is 3.62. The van der Waals surface area contributed by atoms with Gasteiger partial charge in [-0.05, 0) is 54.8 Å². The van der Waals surface area contributed by atoms with Gasteiger partial charge in [0.1, 0.15) is 23.7 Å². The zero-order valence-corrected chi connectivity index (χ0v) is 16.5. The summed E-state index contributed by atoms with van der Waals surface area (Å²) < 4.78 is 29.0. The maximum atomic E-state index is 13.0. The number of amides is 2. The molecule has 1 N–H and O–H groups in total. The smallest absolute Gasteiger partial charge is 0.261 e. The first-order valence-corrected chi connectivity index (χ1v) is 9.82. The third kappa shape index (κ3) is 4.53. The molecular weight excluding hydrogens is 405 g/mol. The van der Waals surface area contributed by atoms with Gasteiger partial charge in [0.15, 0.2) is 18.1 Å². The van der Waals surface area contributed by atoms with Crippen LogP contribution in [0.1, 0.15) is 24.4 Å². The van der Waals surface area contributed by atoms with Gasteiger partial charge in [0.05, 0.1) is 6.07 Å². The molecule has 0 radical (unpaired) electrons. The van der Waals surface area contributed by atoms with Gasteiger partial charge in [-0.3, -0.25) is 9.59 Å². The summed E-state index contributed by atoms with van der Waals surface area (Å²) in [6.07, 6.45) is 1.16. The third-order valence-corrected chi connectivity index (χ3v) is 5.20. The van der Waals surface area contributed by atoms with Gasteiger partial charge in [-0.2, -0.15) is 5.26 Å². The molecule has 1 saturated heterocycles. The van der Waals surface area contributed by atoms with Crippen LogP contribution in [0.5, 0.6) is 17.2 Å². The summed E-state index contributed by atoms with van der Waals surface area (Å²) in [5, 5.41) is 12.3. The molecule has 0 saturated carbocycles. The lowest BCUT2D eigenvalue weighted by molar-refractivity contribution is -0.140. The van der Waals surface area contributed by atoms with Crippen LogP contribution in [-0.4, -0.2) is 42.7 Å². The Labute approximate surface area is 178 Å². The molecule has 8 nitrogen and oxygen atoms in total. The summed E-state index contributed by atoms with van der Waals surface area (Å²) in [5.74, 6) is 0.310. The van der Waals surface area contributed by atoms with Crippen molar-refractivity contribution in [3.8, 4) is 23.3 Å². The van der Waals surface area contributed by atoms with Gasteiger partial charge < -0.3 is 24.4 Å². The number of carbonyl (C=O) groups is 2. The molecule has 2 amide bonds. The standard InChI is InChI=1S/C22H20FN3O5/c23-15-4-6-16(7-5-15)29-12-21(27)26-9-1-2-18(26)22(28)25-17(11-24)14-3-8-19-20(10-14)31-13-30-19/h3-8,10,17-18H,1-2,9,12-13H2,(H,25,28)/t17?,18-/m0/s1. The average molecular weight is 425 g/mol. The number of nitrogens with one attached hydrogen (secondary N) is 1. The molecule has 1 fully saturated rings. The van der Waals surface area contributed by atoms with E-state index in [1.165, 1.54) is 29.2 Å². The Hall–Kier alpha value is -3.80. The van der Waals surface area contributed by atoms with Gasteiger partial charge in [0.2, 0.25) is 12.7 Å². The number of carbonyl (C=O) groups excluding carboxylic acids is 2. The molecule has 0 spiro atoms. The lowest BCUT2D eigenvalue weighted by Crippen LogP contribution is -2.48. The first-order valence-electron chi connectivity index (χ1n) is 9.82. The van der Waals surface area contributed by atoms with E-state index >= 15 is 0 Å². The molecule has 2 aromatic carbocycles. The van der Waals surface area contributed by atoms with Gasteiger partial charge in [0.25, 0.3) is 5.91 Å². The molecule has 2 aromatic rings. The normalized spacial score (nSPS) is 17.7. The maximum absolute atomic E-state index is 13.0. The Bertz CT molecular complexity index is 1020. The third-order valence-electron chi connectivity index (χ3n) is 5.20. The molecule has 0 aromatic heterocycles. The zero-order valence-electron chi connectivity index (χ0n) is 16.5. The Morgan fingerprint density at radius 1 is 1.23 bits per heavy atom. The minimum absolute atomic E-state index is 0.113. The summed E-state index contributed by atoms with van der Waals surface area (Å²) in [4.78, 5) is 26.9. The molecule has 1 unspecified atom stereocenters. The number of rotatable bonds is 6. The number of benzene rings is 2. The summed E-state index contributed by atoms with van der Waals surface area (Å²) in [7, 11) is 0. The highest BCUT2D eigenvalue weighted by atomic mass is 19.1. The lowest BCUT2D eigenvalue weighted by Gasteiger charge is -2.25. The molecule has 0 aliphatic carbocycles. The van der Waals surface area contributed by atoms with Crippen LogP contribution in [0, 0.1) is 17.1 Å². The van der Waals surface area contributed by atoms with Crippen LogP contribution >= 0.6 is 0 Å². The van der Waals surface area contributed by atoms with E-state index in [4.69, 9.17) is 14.2 Å². The van der Waals surface area contributed by atoms with E-state index in [-0.39, 0.29) is 19.3 Å². The number of fused-ring (bicyclic) bond motifs is 1. The number of likely N-dealkylation sites (tertiary alicyclic amines) is 1. The van der Waals surface area contributed by atoms with Crippen molar-refractivity contribution in [1.29, 1.82) is 5.26 Å². The van der Waals surface area contributed by atoms with Crippen molar-refractivity contribution in [2.24, 2.45) is 0 Å². The minimum atomic E-state index is -0.894. The van der Waals surface area contributed by atoms with Crippen LogP contribution in [0.15, 0.2) is 42.5 Å². The summed E-state index contributed by atoms with van der Waals surface area (Å²) in [6.45, 7) is 0.270. The number of hydrogen-bond acceptors (Lipinski definition) is 6. The van der Waals surface area contributed by atoms with Crippen molar-refractivity contribution < 1.29 is 28.2 Å². The zero-order chi connectivity index (χ0) is 21.8. The highest BCUT2D eigenvalue weighted by molar-refractivity contribution is 5.89. The van der Waals surface area contributed by atoms with Gasteiger partial charge in [-0.25, -0.2) is 4.39 Å². The summed E-state index contributed by atoms with van der Waals surface area (Å²) in [6, 6.07) is 10.9. The molecule has 0 bridgehead atoms. The van der Waals surface area contributed by atoms with E-state index in [1.807, 2.05) is 0 Å². The summed E-state index contributed by atoms with van der Waals surface area (Å²) >= 11 is 0. The van der Waals surface area contributed by atoms with E-state index in [0.717, 1.165) is 0 Å². The molecule has 2 aliphatic heterocycles. The van der Waals surface area contributed by atoms with Gasteiger partial charge in [0, 0.05) is 6.54 Å². The summed E-state index contributed by atoms with van der Waals surface area (Å²) in [5.41, 5.74) is 0.565. The van der Waals surface area contributed by atoms with Crippen LogP contribution in [0.4, 0.5) is 4.39 Å². The number of halogens is 1. The first-order chi connectivity index (χ1) is 15.0. The molecular formula is C22H20FN3O5. The monoisotopic (exact) mass is 425 g/mol. The van der Waals surface area contributed by atoms with Gasteiger partial charge in [-0.1, -0.05) is 6.07 Å². The van der Waals surface area contributed by atoms with Crippen molar-refractivity contribution in [2.45, 2.75) is 24.9 Å². The molecule has 160 valence electrons. The maximum Gasteiger partial charge on any atom is 0.261 e. The molecule has 2 heterocycles. The quantitative estimate of drug-likeness (QED) is 0.762. The van der Waals surface area contributed by atoms with Crippen LogP contribution < -0.4 is 19.5 Å². The largest absolute Gasteiger partial charge is 0.484 e. The highest BCUT2D eigenvalue weighted by Crippen LogP contribution is 2.34. The number of nitriles is 1. The number of nitrogens with zero attached hydrogens (tertiary/aromatic N) is 2. The molecule has 2 atom stereocenters. The van der Waals surface area contributed by atoms with E-state index in [1.54, 1.807) is 18.2 Å². The van der Waals surface area contributed by atoms with E-state index < -0.39 is 23.8 Å². The Morgan fingerprint density at radius 3 is 2.77 bits per heavy atom. The van der Waals surface area contributed by atoms with E-state index in [2.05, 4.69) is 11.4 Å². The van der Waals surface area contributed by atoms with Crippen molar-refractivity contribution >= 4 is 11.8 Å². The second-order valence-electron chi connectivity index (χ2n) is 7.17. The molecule has 2 aliphatic rings. The highest BCUT2D eigenvalue weighted by Gasteiger charge is 2.35. The van der Waals surface area contributed by atoms with Gasteiger partial charge in [-0.15, -0.1) is 0 Å². The van der Waals surface area contributed by atoms with Crippen LogP contribution in [0.25, 0.3) is 0 Å². The van der Waals surface area contributed by atoms with Crippen LogP contribution in [0.3, 0.4) is 0 Å². The lowest BCUT2D eigenvalue weighted by atomic mass is 10.1. The second-order valence-corrected chi connectivity index (χ2v) is 7.17. The Balaban J connectivity index is 1.38. The van der Waals surface area contributed by atoms with Crippen molar-refractivity contribution in [2.75, 3.05) is 19.9 Å². The second kappa shape index (κ2) is 8.92. The molecule has 31 heavy (non-hydrogen) atoms. The van der Waals surface area contributed by atoms with Crippen molar-refractivity contribution in [3.05, 3.63) is 53.8 Å². The number of ether oxygens (including phenoxy) is 3. The Kier molecular flexibility index (Phi) is 5.89. The van der Waals surface area contributed by atoms with Crippen LogP contribution in [-0.2, 0) is 9.59 Å². The molecule has 9 heteroatoms. The Morgan fingerprint density at radius 2 is 2.00 bits per heavy atom. The number of hydrogen-bond donors (Lipinski definition) is 1. The fourth-order valence-corrected chi connectivity index (χ4v) is 3.62. The molecule has 4 rings (SSSR count). The first kappa shape index (κ1) is 20.5. The minimum Gasteiger partial charge on any atom is -0.484 e. The topological polar surface area (TPSA) is 101 Å². The predicted octanol–water partition coefficient (Wildman–Crippen LogP) is 2.31. The van der Waals surface area contributed by atoms with Crippen molar-refractivity contribution in [3.63, 3.8) is 0 Å². The van der Waals surface area contributed by atoms with Gasteiger partial charge >= 0.3 is 0 Å². The average Bonchev–Trinajstić information content (AvgIpc) is 3.45. The van der Waals surface area contributed by atoms with Crippen molar-refractivity contribution in [1.82, 2.24) is 10.2 Å².